The van der Waals surface area contributed by atoms with E-state index in [0.29, 0.717) is 18.9 Å². The second-order valence-corrected chi connectivity index (χ2v) is 5.57. The molecule has 104 valence electrons. The van der Waals surface area contributed by atoms with Gasteiger partial charge in [-0.25, -0.2) is 0 Å². The third kappa shape index (κ3) is 4.42. The van der Waals surface area contributed by atoms with E-state index >= 15 is 0 Å². The van der Waals surface area contributed by atoms with E-state index in [0.717, 1.165) is 12.1 Å². The van der Waals surface area contributed by atoms with Crippen LogP contribution in [0.15, 0.2) is 12.3 Å². The SMILES string of the molecule is CCC(C)n1ccc(CC(O)CC(C)(C)OC)n1. The third-order valence-corrected chi connectivity index (χ3v) is 3.43. The van der Waals surface area contributed by atoms with E-state index in [1.54, 1.807) is 7.11 Å². The fourth-order valence-corrected chi connectivity index (χ4v) is 1.88. The van der Waals surface area contributed by atoms with Crippen molar-refractivity contribution in [2.24, 2.45) is 0 Å². The maximum Gasteiger partial charge on any atom is 0.0650 e. The number of hydrogen-bond acceptors (Lipinski definition) is 3. The maximum atomic E-state index is 10.0. The second-order valence-electron chi connectivity index (χ2n) is 5.57. The molecular formula is C14H26N2O2. The zero-order valence-electron chi connectivity index (χ0n) is 12.2. The number of ether oxygens (including phenoxy) is 1. The Bertz CT molecular complexity index is 360. The van der Waals surface area contributed by atoms with Crippen molar-refractivity contribution in [2.45, 2.75) is 64.7 Å². The van der Waals surface area contributed by atoms with E-state index in [-0.39, 0.29) is 5.60 Å². The number of aliphatic hydroxyl groups is 1. The summed E-state index contributed by atoms with van der Waals surface area (Å²) in [6.07, 6.45) is 3.81. The van der Waals surface area contributed by atoms with Crippen molar-refractivity contribution < 1.29 is 9.84 Å². The first-order valence-electron chi connectivity index (χ1n) is 6.65. The molecule has 0 saturated heterocycles. The van der Waals surface area contributed by atoms with Crippen LogP contribution in [-0.2, 0) is 11.2 Å². The summed E-state index contributed by atoms with van der Waals surface area (Å²) >= 11 is 0. The van der Waals surface area contributed by atoms with Crippen LogP contribution < -0.4 is 0 Å². The molecule has 1 aromatic heterocycles. The van der Waals surface area contributed by atoms with Gasteiger partial charge in [0.15, 0.2) is 0 Å². The standard InChI is InChI=1S/C14H26N2O2/c1-6-11(2)16-8-7-12(15-16)9-13(17)10-14(3,4)18-5/h7-8,11,13,17H,6,9-10H2,1-5H3. The highest BCUT2D eigenvalue weighted by molar-refractivity contribution is 5.01. The molecule has 0 aliphatic carbocycles. The molecule has 0 aliphatic heterocycles. The Morgan fingerprint density at radius 2 is 2.17 bits per heavy atom. The quantitative estimate of drug-likeness (QED) is 0.813. The number of methoxy groups -OCH3 is 1. The first kappa shape index (κ1) is 15.2. The van der Waals surface area contributed by atoms with Gasteiger partial charge in [-0.05, 0) is 33.3 Å². The van der Waals surface area contributed by atoms with Crippen molar-refractivity contribution in [2.75, 3.05) is 7.11 Å². The summed E-state index contributed by atoms with van der Waals surface area (Å²) in [6, 6.07) is 2.39. The van der Waals surface area contributed by atoms with Crippen molar-refractivity contribution in [1.29, 1.82) is 0 Å². The largest absolute Gasteiger partial charge is 0.393 e. The summed E-state index contributed by atoms with van der Waals surface area (Å²) in [7, 11) is 1.67. The van der Waals surface area contributed by atoms with Gasteiger partial charge < -0.3 is 9.84 Å². The lowest BCUT2D eigenvalue weighted by molar-refractivity contribution is -0.0192. The third-order valence-electron chi connectivity index (χ3n) is 3.43. The lowest BCUT2D eigenvalue weighted by Gasteiger charge is -2.25. The highest BCUT2D eigenvalue weighted by atomic mass is 16.5. The summed E-state index contributed by atoms with van der Waals surface area (Å²) in [5, 5.41) is 14.5. The lowest BCUT2D eigenvalue weighted by Crippen LogP contribution is -2.29. The van der Waals surface area contributed by atoms with Crippen molar-refractivity contribution >= 4 is 0 Å². The van der Waals surface area contributed by atoms with Gasteiger partial charge in [0.2, 0.25) is 0 Å². The van der Waals surface area contributed by atoms with Crippen molar-refractivity contribution in [3.05, 3.63) is 18.0 Å². The minimum atomic E-state index is -0.416. The summed E-state index contributed by atoms with van der Waals surface area (Å²) < 4.78 is 7.28. The van der Waals surface area contributed by atoms with Crippen LogP contribution in [0.4, 0.5) is 0 Å². The van der Waals surface area contributed by atoms with Gasteiger partial charge in [0.1, 0.15) is 0 Å². The Kier molecular flexibility index (Phi) is 5.35. The van der Waals surface area contributed by atoms with Crippen molar-refractivity contribution in [3.63, 3.8) is 0 Å². The number of rotatable bonds is 7. The maximum absolute atomic E-state index is 10.0. The zero-order valence-corrected chi connectivity index (χ0v) is 12.2. The Morgan fingerprint density at radius 1 is 1.50 bits per heavy atom. The van der Waals surface area contributed by atoms with E-state index in [2.05, 4.69) is 18.9 Å². The molecule has 1 heterocycles. The second kappa shape index (κ2) is 6.34. The van der Waals surface area contributed by atoms with E-state index in [1.165, 1.54) is 0 Å². The average Bonchev–Trinajstić information content (AvgIpc) is 2.75. The van der Waals surface area contributed by atoms with Crippen LogP contribution in [0.3, 0.4) is 0 Å². The molecule has 0 radical (unpaired) electrons. The Morgan fingerprint density at radius 3 is 2.72 bits per heavy atom. The number of hydrogen-bond donors (Lipinski definition) is 1. The smallest absolute Gasteiger partial charge is 0.0650 e. The van der Waals surface area contributed by atoms with Crippen LogP contribution in [0, 0.1) is 0 Å². The zero-order chi connectivity index (χ0) is 13.8. The molecule has 0 amide bonds. The van der Waals surface area contributed by atoms with Gasteiger partial charge in [-0.2, -0.15) is 5.10 Å². The molecule has 0 aromatic carbocycles. The first-order valence-corrected chi connectivity index (χ1v) is 6.65. The monoisotopic (exact) mass is 254 g/mol. The van der Waals surface area contributed by atoms with Crippen LogP contribution in [0.5, 0.6) is 0 Å². The van der Waals surface area contributed by atoms with Gasteiger partial charge in [0.05, 0.1) is 17.4 Å². The molecule has 0 aliphatic rings. The van der Waals surface area contributed by atoms with Crippen molar-refractivity contribution in [1.82, 2.24) is 9.78 Å². The highest BCUT2D eigenvalue weighted by Crippen LogP contribution is 2.18. The molecule has 18 heavy (non-hydrogen) atoms. The summed E-state index contributed by atoms with van der Waals surface area (Å²) in [6.45, 7) is 8.24. The number of aromatic nitrogens is 2. The molecular weight excluding hydrogens is 228 g/mol. The molecule has 4 heteroatoms. The average molecular weight is 254 g/mol. The van der Waals surface area contributed by atoms with Gasteiger partial charge in [0.25, 0.3) is 0 Å². The fourth-order valence-electron chi connectivity index (χ4n) is 1.88. The predicted molar refractivity (Wildman–Crippen MR) is 72.6 cm³/mol. The van der Waals surface area contributed by atoms with Crippen LogP contribution in [0.1, 0.15) is 52.3 Å². The van der Waals surface area contributed by atoms with E-state index < -0.39 is 6.10 Å². The fraction of sp³-hybridized carbons (Fsp3) is 0.786. The van der Waals surface area contributed by atoms with Crippen LogP contribution in [0.25, 0.3) is 0 Å². The van der Waals surface area contributed by atoms with Crippen LogP contribution in [0.2, 0.25) is 0 Å². The molecule has 1 aromatic rings. The summed E-state index contributed by atoms with van der Waals surface area (Å²) in [5.41, 5.74) is 0.647. The molecule has 2 atom stereocenters. The number of nitrogens with zero attached hydrogens (tertiary/aromatic N) is 2. The van der Waals surface area contributed by atoms with E-state index in [4.69, 9.17) is 4.74 Å². The van der Waals surface area contributed by atoms with E-state index in [1.807, 2.05) is 30.8 Å². The normalized spacial score (nSPS) is 15.7. The summed E-state index contributed by atoms with van der Waals surface area (Å²) in [4.78, 5) is 0. The van der Waals surface area contributed by atoms with Gasteiger partial charge >= 0.3 is 0 Å². The molecule has 0 spiro atoms. The number of aliphatic hydroxyl groups excluding tert-OH is 1. The molecule has 1 N–H and O–H groups in total. The van der Waals surface area contributed by atoms with Crippen molar-refractivity contribution in [3.8, 4) is 0 Å². The summed E-state index contributed by atoms with van der Waals surface area (Å²) in [5.74, 6) is 0. The van der Waals surface area contributed by atoms with Gasteiger partial charge in [-0.3, -0.25) is 4.68 Å². The van der Waals surface area contributed by atoms with Gasteiger partial charge in [-0.15, -0.1) is 0 Å². The molecule has 0 saturated carbocycles. The molecule has 4 nitrogen and oxygen atoms in total. The molecule has 0 bridgehead atoms. The minimum absolute atomic E-state index is 0.293. The van der Waals surface area contributed by atoms with E-state index in [9.17, 15) is 5.11 Å². The Balaban J connectivity index is 2.54. The Labute approximate surface area is 110 Å². The molecule has 0 fully saturated rings. The predicted octanol–water partition coefficient (Wildman–Crippen LogP) is 2.57. The first-order chi connectivity index (χ1) is 8.38. The Hall–Kier alpha value is -0.870. The molecule has 1 rings (SSSR count). The highest BCUT2D eigenvalue weighted by Gasteiger charge is 2.22. The van der Waals surface area contributed by atoms with Crippen LogP contribution >= 0.6 is 0 Å². The lowest BCUT2D eigenvalue weighted by atomic mass is 9.98. The minimum Gasteiger partial charge on any atom is -0.393 e. The topological polar surface area (TPSA) is 47.3 Å². The van der Waals surface area contributed by atoms with Gasteiger partial charge in [-0.1, -0.05) is 6.92 Å². The van der Waals surface area contributed by atoms with Crippen LogP contribution in [-0.4, -0.2) is 33.7 Å². The van der Waals surface area contributed by atoms with Gasteiger partial charge in [0, 0.05) is 32.2 Å². The molecule has 2 unspecified atom stereocenters.